The summed E-state index contributed by atoms with van der Waals surface area (Å²) < 4.78 is 5.57. The number of aryl methyl sites for hydroxylation is 1. The van der Waals surface area contributed by atoms with Crippen LogP contribution >= 0.6 is 0 Å². The number of nitrogens with one attached hydrogen (secondary N) is 1. The van der Waals surface area contributed by atoms with Gasteiger partial charge < -0.3 is 15.2 Å². The van der Waals surface area contributed by atoms with Crippen molar-refractivity contribution in [1.29, 1.82) is 0 Å². The van der Waals surface area contributed by atoms with Crippen LogP contribution in [0.3, 0.4) is 0 Å². The standard InChI is InChI=1S/C15H19NO4/c1-9-3-5-11(6-4-9)20-8-10(2)16-14(17)12-7-13(12)15(18)19/h3-6,10,12-13H,7-8H2,1-2H3,(H,16,17)(H,18,19)/t10?,12-,13+/m1/s1. The average molecular weight is 277 g/mol. The molecule has 0 heterocycles. The number of carboxylic acids is 1. The van der Waals surface area contributed by atoms with Gasteiger partial charge in [0.15, 0.2) is 0 Å². The molecule has 108 valence electrons. The fraction of sp³-hybridized carbons (Fsp3) is 0.467. The molecule has 1 aromatic rings. The second-order valence-electron chi connectivity index (χ2n) is 5.32. The second kappa shape index (κ2) is 5.94. The first-order valence-corrected chi connectivity index (χ1v) is 6.70. The number of carboxylic acid groups (broad SMARTS) is 1. The van der Waals surface area contributed by atoms with Gasteiger partial charge in [-0.2, -0.15) is 0 Å². The number of carbonyl (C=O) groups excluding carboxylic acids is 1. The van der Waals surface area contributed by atoms with Gasteiger partial charge in [0.1, 0.15) is 12.4 Å². The molecule has 1 aliphatic rings. The molecule has 1 amide bonds. The van der Waals surface area contributed by atoms with Crippen LogP contribution in [0.5, 0.6) is 5.75 Å². The number of aliphatic carboxylic acids is 1. The molecule has 0 aliphatic heterocycles. The summed E-state index contributed by atoms with van der Waals surface area (Å²) in [4.78, 5) is 22.5. The summed E-state index contributed by atoms with van der Waals surface area (Å²) in [5, 5.41) is 11.6. The Morgan fingerprint density at radius 2 is 2.00 bits per heavy atom. The lowest BCUT2D eigenvalue weighted by atomic mass is 10.2. The lowest BCUT2D eigenvalue weighted by Crippen LogP contribution is -2.38. The Bertz CT molecular complexity index is 497. The third-order valence-electron chi connectivity index (χ3n) is 3.35. The lowest BCUT2D eigenvalue weighted by molar-refractivity contribution is -0.140. The molecule has 0 saturated heterocycles. The van der Waals surface area contributed by atoms with Crippen LogP contribution in [-0.2, 0) is 9.59 Å². The molecule has 0 aromatic heterocycles. The maximum Gasteiger partial charge on any atom is 0.307 e. The van der Waals surface area contributed by atoms with E-state index < -0.39 is 11.9 Å². The summed E-state index contributed by atoms with van der Waals surface area (Å²) >= 11 is 0. The van der Waals surface area contributed by atoms with Crippen molar-refractivity contribution in [3.63, 3.8) is 0 Å². The van der Waals surface area contributed by atoms with Crippen molar-refractivity contribution in [2.75, 3.05) is 6.61 Å². The van der Waals surface area contributed by atoms with E-state index in [1.807, 2.05) is 38.1 Å². The first-order valence-electron chi connectivity index (χ1n) is 6.70. The Labute approximate surface area is 117 Å². The van der Waals surface area contributed by atoms with Crippen LogP contribution in [0.1, 0.15) is 18.9 Å². The van der Waals surface area contributed by atoms with Crippen molar-refractivity contribution >= 4 is 11.9 Å². The molecule has 0 spiro atoms. The zero-order chi connectivity index (χ0) is 14.7. The zero-order valence-electron chi connectivity index (χ0n) is 11.6. The molecule has 1 aromatic carbocycles. The van der Waals surface area contributed by atoms with E-state index in [1.165, 1.54) is 0 Å². The molecule has 2 N–H and O–H groups in total. The molecular weight excluding hydrogens is 258 g/mol. The summed E-state index contributed by atoms with van der Waals surface area (Å²) in [6, 6.07) is 7.52. The maximum atomic E-state index is 11.8. The molecule has 5 nitrogen and oxygen atoms in total. The second-order valence-corrected chi connectivity index (χ2v) is 5.32. The van der Waals surface area contributed by atoms with Crippen molar-refractivity contribution in [3.8, 4) is 5.75 Å². The van der Waals surface area contributed by atoms with E-state index in [1.54, 1.807) is 0 Å². The van der Waals surface area contributed by atoms with Gasteiger partial charge in [0.25, 0.3) is 0 Å². The fourth-order valence-corrected chi connectivity index (χ4v) is 2.00. The maximum absolute atomic E-state index is 11.8. The number of ether oxygens (including phenoxy) is 1. The van der Waals surface area contributed by atoms with Gasteiger partial charge in [-0.25, -0.2) is 0 Å². The van der Waals surface area contributed by atoms with E-state index in [4.69, 9.17) is 9.84 Å². The van der Waals surface area contributed by atoms with Gasteiger partial charge in [0, 0.05) is 0 Å². The largest absolute Gasteiger partial charge is 0.491 e. The van der Waals surface area contributed by atoms with E-state index in [0.717, 1.165) is 11.3 Å². The zero-order valence-corrected chi connectivity index (χ0v) is 11.6. The molecular formula is C15H19NO4. The topological polar surface area (TPSA) is 75.6 Å². The fourth-order valence-electron chi connectivity index (χ4n) is 2.00. The molecule has 1 saturated carbocycles. The Morgan fingerprint density at radius 1 is 1.35 bits per heavy atom. The van der Waals surface area contributed by atoms with Crippen LogP contribution in [0.2, 0.25) is 0 Å². The van der Waals surface area contributed by atoms with Gasteiger partial charge in [-0.1, -0.05) is 17.7 Å². The Hall–Kier alpha value is -2.04. The predicted octanol–water partition coefficient (Wildman–Crippen LogP) is 1.60. The Morgan fingerprint density at radius 3 is 2.55 bits per heavy atom. The third kappa shape index (κ3) is 3.73. The summed E-state index contributed by atoms with van der Waals surface area (Å²) in [6.45, 7) is 4.20. The van der Waals surface area contributed by atoms with Gasteiger partial charge in [-0.3, -0.25) is 9.59 Å². The highest BCUT2D eigenvalue weighted by atomic mass is 16.5. The van der Waals surface area contributed by atoms with Crippen LogP contribution in [0.4, 0.5) is 0 Å². The highest BCUT2D eigenvalue weighted by Crippen LogP contribution is 2.38. The summed E-state index contributed by atoms with van der Waals surface area (Å²) in [6.07, 6.45) is 0.437. The first-order chi connectivity index (χ1) is 9.47. The van der Waals surface area contributed by atoms with Crippen molar-refractivity contribution in [1.82, 2.24) is 5.32 Å². The minimum Gasteiger partial charge on any atom is -0.491 e. The van der Waals surface area contributed by atoms with Crippen LogP contribution in [0.15, 0.2) is 24.3 Å². The average Bonchev–Trinajstić information content (AvgIpc) is 3.18. The van der Waals surface area contributed by atoms with E-state index in [9.17, 15) is 9.59 Å². The molecule has 1 fully saturated rings. The van der Waals surface area contributed by atoms with Crippen LogP contribution in [0, 0.1) is 18.8 Å². The van der Waals surface area contributed by atoms with Crippen LogP contribution in [-0.4, -0.2) is 29.6 Å². The van der Waals surface area contributed by atoms with Gasteiger partial charge >= 0.3 is 5.97 Å². The SMILES string of the molecule is Cc1ccc(OCC(C)NC(=O)[C@@H]2C[C@@H]2C(=O)O)cc1. The predicted molar refractivity (Wildman–Crippen MR) is 73.5 cm³/mol. The van der Waals surface area contributed by atoms with Gasteiger partial charge in [-0.15, -0.1) is 0 Å². The van der Waals surface area contributed by atoms with Crippen LogP contribution < -0.4 is 10.1 Å². The molecule has 1 unspecified atom stereocenters. The number of rotatable bonds is 6. The van der Waals surface area contributed by atoms with Crippen molar-refractivity contribution in [2.24, 2.45) is 11.8 Å². The first kappa shape index (κ1) is 14.4. The molecule has 5 heteroatoms. The Kier molecular flexibility index (Phi) is 4.27. The lowest BCUT2D eigenvalue weighted by Gasteiger charge is -2.15. The van der Waals surface area contributed by atoms with E-state index in [2.05, 4.69) is 5.32 Å². The van der Waals surface area contributed by atoms with Crippen LogP contribution in [0.25, 0.3) is 0 Å². The minimum atomic E-state index is -0.895. The molecule has 3 atom stereocenters. The monoisotopic (exact) mass is 277 g/mol. The van der Waals surface area contributed by atoms with Gasteiger partial charge in [0.2, 0.25) is 5.91 Å². The van der Waals surface area contributed by atoms with E-state index in [-0.39, 0.29) is 17.9 Å². The summed E-state index contributed by atoms with van der Waals surface area (Å²) in [7, 11) is 0. The molecule has 20 heavy (non-hydrogen) atoms. The third-order valence-corrected chi connectivity index (χ3v) is 3.35. The van der Waals surface area contributed by atoms with Gasteiger partial charge in [0.05, 0.1) is 17.9 Å². The van der Waals surface area contributed by atoms with Crippen molar-refractivity contribution in [2.45, 2.75) is 26.3 Å². The summed E-state index contributed by atoms with van der Waals surface area (Å²) in [5.74, 6) is -1.23. The van der Waals surface area contributed by atoms with Crippen molar-refractivity contribution < 1.29 is 19.4 Å². The molecule has 0 radical (unpaired) electrons. The van der Waals surface area contributed by atoms with Crippen molar-refractivity contribution in [3.05, 3.63) is 29.8 Å². The highest BCUT2D eigenvalue weighted by Gasteiger charge is 2.48. The van der Waals surface area contributed by atoms with E-state index >= 15 is 0 Å². The minimum absolute atomic E-state index is 0.154. The van der Waals surface area contributed by atoms with E-state index in [0.29, 0.717) is 13.0 Å². The van der Waals surface area contributed by atoms with Gasteiger partial charge in [-0.05, 0) is 32.4 Å². The number of carbonyl (C=O) groups is 2. The Balaban J connectivity index is 1.73. The molecule has 2 rings (SSSR count). The normalized spacial score (nSPS) is 21.9. The number of benzene rings is 1. The molecule has 0 bridgehead atoms. The number of amides is 1. The number of hydrogen-bond acceptors (Lipinski definition) is 3. The smallest absolute Gasteiger partial charge is 0.307 e. The molecule has 1 aliphatic carbocycles. The highest BCUT2D eigenvalue weighted by molar-refractivity contribution is 5.89. The summed E-state index contributed by atoms with van der Waals surface area (Å²) in [5.41, 5.74) is 1.16. The number of hydrogen-bond donors (Lipinski definition) is 2. The quantitative estimate of drug-likeness (QED) is 0.828.